The predicted molar refractivity (Wildman–Crippen MR) is 33.5 cm³/mol. The highest BCUT2D eigenvalue weighted by Gasteiger charge is 1.77. The van der Waals surface area contributed by atoms with Crippen LogP contribution in [0.3, 0.4) is 0 Å². The van der Waals surface area contributed by atoms with Crippen molar-refractivity contribution in [3.05, 3.63) is 0 Å². The van der Waals surface area contributed by atoms with E-state index < -0.39 is 5.28 Å². The van der Waals surface area contributed by atoms with Crippen LogP contribution in [0.15, 0.2) is 0 Å². The highest BCUT2D eigenvalue weighted by Crippen LogP contribution is 2.07. The maximum absolute atomic E-state index is 6.80. The first-order valence-corrected chi connectivity index (χ1v) is 3.47. The van der Waals surface area contributed by atoms with Gasteiger partial charge in [-0.15, -0.1) is 9.24 Å². The van der Waals surface area contributed by atoms with Crippen LogP contribution in [0.2, 0.25) is 0 Å². The average Bonchev–Trinajstić information content (AvgIpc) is 1.35. The van der Waals surface area contributed by atoms with Crippen molar-refractivity contribution in [3.63, 3.8) is 0 Å². The summed E-state index contributed by atoms with van der Waals surface area (Å²) >= 11 is 4.43. The van der Waals surface area contributed by atoms with E-state index in [4.69, 9.17) is 9.22 Å². The summed E-state index contributed by atoms with van der Waals surface area (Å²) in [6.45, 7) is 0. The van der Waals surface area contributed by atoms with Gasteiger partial charge < -0.3 is 0 Å². The Morgan fingerprint density at radius 2 is 2.60 bits per heavy atom. The molecule has 4 heteroatoms. The Hall–Kier alpha value is 1.01. The van der Waals surface area contributed by atoms with Crippen molar-refractivity contribution in [2.45, 2.75) is 5.28 Å². The van der Waals surface area contributed by atoms with E-state index in [-0.39, 0.29) is 0 Å². The molecule has 0 rings (SSSR count). The first-order valence-electron chi connectivity index (χ1n) is 1.48. The summed E-state index contributed by atoms with van der Waals surface area (Å²) in [7, 11) is 7.63. The van der Waals surface area contributed by atoms with Crippen molar-refractivity contribution in [1.29, 1.82) is 0 Å². The highest BCUT2D eigenvalue weighted by molar-refractivity contribution is 7.99. The van der Waals surface area contributed by atoms with Gasteiger partial charge in [-0.05, 0) is 12.6 Å². The van der Waals surface area contributed by atoms with Crippen molar-refractivity contribution in [2.24, 2.45) is 0 Å². The monoisotopic (exact) mass is 121 g/mol. The van der Waals surface area contributed by atoms with Gasteiger partial charge >= 0.3 is 0 Å². The van der Waals surface area contributed by atoms with E-state index in [0.717, 1.165) is 0 Å². The van der Waals surface area contributed by atoms with Gasteiger partial charge in [0.1, 0.15) is 0 Å². The van der Waals surface area contributed by atoms with E-state index in [1.807, 2.05) is 0 Å². The predicted octanol–water partition coefficient (Wildman–Crippen LogP) is 0.722. The van der Waals surface area contributed by atoms with Crippen molar-refractivity contribution < 1.29 is 1.37 Å². The van der Waals surface area contributed by atoms with E-state index in [2.05, 4.69) is 21.0 Å². The first-order chi connectivity index (χ1) is 2.56. The molecule has 0 N–H and O–H groups in total. The molecule has 0 nitrogen and oxygen atoms in total. The second-order valence-corrected chi connectivity index (χ2v) is 2.87. The van der Waals surface area contributed by atoms with Gasteiger partial charge in [0.2, 0.25) is 0 Å². The lowest BCUT2D eigenvalue weighted by Gasteiger charge is -1.81. The number of hydrogen-bond donors (Lipinski definition) is 0. The molecule has 2 atom stereocenters. The van der Waals surface area contributed by atoms with Gasteiger partial charge in [0.15, 0.2) is 0 Å². The minimum atomic E-state index is -1.00. The van der Waals surface area contributed by atoms with Gasteiger partial charge in [0, 0.05) is 1.37 Å². The van der Waals surface area contributed by atoms with Crippen LogP contribution in [0.4, 0.5) is 0 Å². The van der Waals surface area contributed by atoms with Crippen molar-refractivity contribution in [1.82, 2.24) is 0 Å². The molecule has 0 aliphatic heterocycles. The van der Waals surface area contributed by atoms with Crippen LogP contribution in [0.25, 0.3) is 0 Å². The minimum absolute atomic E-state index is 0.465. The maximum atomic E-state index is 6.80. The van der Waals surface area contributed by atoms with Crippen LogP contribution in [0.5, 0.6) is 0 Å². The Balaban J connectivity index is 3.45. The smallest absolute Gasteiger partial charge is 0.0889 e. The number of rotatable bonds is 1. The van der Waals surface area contributed by atoms with Crippen LogP contribution in [0, 0.1) is 0 Å². The van der Waals surface area contributed by atoms with Crippen molar-refractivity contribution in [2.75, 3.05) is 0 Å². The molecule has 2 unspecified atom stereocenters. The topological polar surface area (TPSA) is 0 Å². The van der Waals surface area contributed by atoms with Gasteiger partial charge in [0.05, 0.1) is 7.85 Å². The fraction of sp³-hybridized carbons (Fsp3) is 1.00. The maximum Gasteiger partial charge on any atom is 0.0889 e. The third-order valence-electron chi connectivity index (χ3n) is 0.105. The Labute approximate surface area is 43.6 Å². The third-order valence-corrected chi connectivity index (χ3v) is 1.90. The first kappa shape index (κ1) is 4.18. The van der Waals surface area contributed by atoms with Gasteiger partial charge in [-0.1, -0.05) is 11.8 Å². The molecule has 0 heterocycles. The van der Waals surface area contributed by atoms with Crippen LogP contribution >= 0.6 is 16.6 Å². The zero-order valence-corrected chi connectivity index (χ0v) is 5.38. The minimum Gasteiger partial charge on any atom is -0.134 e. The molecule has 0 fully saturated rings. The lowest BCUT2D eigenvalue weighted by molar-refractivity contribution is 2.05. The standard InChI is InChI=1S/CH3BP2S/c2-1(3)4-5/h1H,3H2/i1D. The lowest BCUT2D eigenvalue weighted by atomic mass is 10.2. The quantitative estimate of drug-likeness (QED) is 0.363. The second-order valence-electron chi connectivity index (χ2n) is 0.516. The molecule has 0 bridgehead atoms. The number of hydrogen-bond acceptors (Lipinski definition) is 1. The Bertz CT molecular complexity index is 59.1. The summed E-state index contributed by atoms with van der Waals surface area (Å²) in [6.07, 6.45) is 0. The van der Waals surface area contributed by atoms with Crippen LogP contribution in [0.1, 0.15) is 1.37 Å². The molecule has 0 amide bonds. The van der Waals surface area contributed by atoms with E-state index >= 15 is 0 Å². The zero-order valence-electron chi connectivity index (χ0n) is 3.51. The van der Waals surface area contributed by atoms with Crippen molar-refractivity contribution >= 4 is 36.2 Å². The Morgan fingerprint density at radius 3 is 2.60 bits per heavy atom. The molecule has 0 aliphatic rings. The van der Waals surface area contributed by atoms with Crippen LogP contribution in [-0.4, -0.2) is 13.1 Å². The second kappa shape index (κ2) is 3.21. The molecule has 5 heavy (non-hydrogen) atoms. The van der Waals surface area contributed by atoms with Gasteiger partial charge in [-0.2, -0.15) is 0 Å². The SMILES string of the molecule is [2H]C([B])(P)P=S. The molecule has 26 valence electrons. The van der Waals surface area contributed by atoms with Gasteiger partial charge in [-0.3, -0.25) is 0 Å². The van der Waals surface area contributed by atoms with E-state index in [9.17, 15) is 0 Å². The molecule has 0 saturated heterocycles. The van der Waals surface area contributed by atoms with Gasteiger partial charge in [0.25, 0.3) is 0 Å². The van der Waals surface area contributed by atoms with Crippen LogP contribution < -0.4 is 0 Å². The molecule has 0 aromatic rings. The fourth-order valence-corrected chi connectivity index (χ4v) is 0. The summed E-state index contributed by atoms with van der Waals surface area (Å²) in [4.78, 5) is 0. The fourth-order valence-electron chi connectivity index (χ4n) is 0. The van der Waals surface area contributed by atoms with E-state index in [0.29, 0.717) is 7.36 Å². The molecule has 0 saturated carbocycles. The molecule has 0 aliphatic carbocycles. The summed E-state index contributed by atoms with van der Waals surface area (Å²) in [6, 6.07) is 0. The van der Waals surface area contributed by atoms with Crippen molar-refractivity contribution in [3.8, 4) is 0 Å². The van der Waals surface area contributed by atoms with E-state index in [1.54, 1.807) is 0 Å². The normalized spacial score (nSPS) is 24.6. The Morgan fingerprint density at radius 1 is 2.40 bits per heavy atom. The average molecular weight is 121 g/mol. The molecule has 0 spiro atoms. The van der Waals surface area contributed by atoms with Gasteiger partial charge in [-0.25, -0.2) is 0 Å². The molecular formula is CH3BP2S. The zero-order chi connectivity index (χ0) is 5.21. The third kappa shape index (κ3) is 5.01. The lowest BCUT2D eigenvalue weighted by Crippen LogP contribution is -1.75. The molecule has 0 aromatic heterocycles. The molecular weight excluding hydrogens is 117 g/mol. The molecule has 0 aromatic carbocycles. The highest BCUT2D eigenvalue weighted by atomic mass is 32.4. The summed E-state index contributed by atoms with van der Waals surface area (Å²) < 4.78 is 6.80. The summed E-state index contributed by atoms with van der Waals surface area (Å²) in [5.41, 5.74) is 0. The Kier molecular flexibility index (Phi) is 2.69. The largest absolute Gasteiger partial charge is 0.134 e. The van der Waals surface area contributed by atoms with E-state index in [1.165, 1.54) is 0 Å². The molecule has 2 radical (unpaired) electrons. The summed E-state index contributed by atoms with van der Waals surface area (Å²) in [5.74, 6) is 0. The summed E-state index contributed by atoms with van der Waals surface area (Å²) in [5, 5.41) is -1.00. The van der Waals surface area contributed by atoms with Crippen LogP contribution in [-0.2, 0) is 11.8 Å².